The Hall–Kier alpha value is -2.04. The second-order valence-corrected chi connectivity index (χ2v) is 3.98. The zero-order valence-electron chi connectivity index (χ0n) is 8.30. The third kappa shape index (κ3) is 1.32. The fourth-order valence-corrected chi connectivity index (χ4v) is 1.99. The summed E-state index contributed by atoms with van der Waals surface area (Å²) in [4.78, 5) is 22.1. The second-order valence-electron chi connectivity index (χ2n) is 3.98. The zero-order valence-corrected chi connectivity index (χ0v) is 8.30. The SMILES string of the molecule is O=C1CC(C(=O)O)(c2cc(O)ccc2O)C1. The van der Waals surface area contributed by atoms with Gasteiger partial charge in [0.05, 0.1) is 0 Å². The van der Waals surface area contributed by atoms with Gasteiger partial charge in [-0.05, 0) is 18.2 Å². The van der Waals surface area contributed by atoms with Crippen LogP contribution in [0.3, 0.4) is 0 Å². The Morgan fingerprint density at radius 3 is 2.38 bits per heavy atom. The minimum atomic E-state index is -1.38. The number of hydrogen-bond donors (Lipinski definition) is 3. The number of carbonyl (C=O) groups excluding carboxylic acids is 1. The van der Waals surface area contributed by atoms with Crippen LogP contribution in [-0.4, -0.2) is 27.1 Å². The predicted octanol–water partition coefficient (Wildman–Crippen LogP) is 0.783. The number of aliphatic carboxylic acids is 1. The van der Waals surface area contributed by atoms with Crippen molar-refractivity contribution in [2.75, 3.05) is 0 Å². The van der Waals surface area contributed by atoms with Gasteiger partial charge in [-0.1, -0.05) is 0 Å². The number of carboxylic acids is 1. The lowest BCUT2D eigenvalue weighted by atomic mass is 9.63. The lowest BCUT2D eigenvalue weighted by Crippen LogP contribution is -2.48. The number of Topliss-reactive ketones (excluding diaryl/α,β-unsaturated/α-hetero) is 1. The molecule has 0 aliphatic heterocycles. The molecule has 5 heteroatoms. The van der Waals surface area contributed by atoms with E-state index in [1.165, 1.54) is 18.2 Å². The molecule has 1 aromatic rings. The van der Waals surface area contributed by atoms with Gasteiger partial charge in [-0.25, -0.2) is 0 Å². The van der Waals surface area contributed by atoms with E-state index in [9.17, 15) is 19.8 Å². The Morgan fingerprint density at radius 1 is 1.25 bits per heavy atom. The summed E-state index contributed by atoms with van der Waals surface area (Å²) in [5, 5.41) is 28.0. The number of carbonyl (C=O) groups is 2. The highest BCUT2D eigenvalue weighted by atomic mass is 16.4. The van der Waals surface area contributed by atoms with Gasteiger partial charge < -0.3 is 15.3 Å². The molecule has 5 nitrogen and oxygen atoms in total. The summed E-state index contributed by atoms with van der Waals surface area (Å²) in [6, 6.07) is 3.67. The van der Waals surface area contributed by atoms with Crippen LogP contribution in [0.2, 0.25) is 0 Å². The summed E-state index contributed by atoms with van der Waals surface area (Å²) in [7, 11) is 0. The van der Waals surface area contributed by atoms with Gasteiger partial charge >= 0.3 is 5.97 Å². The van der Waals surface area contributed by atoms with Crippen LogP contribution in [0, 0.1) is 0 Å². The molecule has 1 aromatic carbocycles. The first-order valence-electron chi connectivity index (χ1n) is 4.73. The smallest absolute Gasteiger partial charge is 0.315 e. The van der Waals surface area contributed by atoms with Gasteiger partial charge in [-0.2, -0.15) is 0 Å². The monoisotopic (exact) mass is 222 g/mol. The molecule has 0 aromatic heterocycles. The van der Waals surface area contributed by atoms with E-state index in [0.717, 1.165) is 0 Å². The quantitative estimate of drug-likeness (QED) is 0.643. The summed E-state index contributed by atoms with van der Waals surface area (Å²) in [6.07, 6.45) is -0.279. The molecule has 1 aliphatic carbocycles. The maximum atomic E-state index is 11.2. The van der Waals surface area contributed by atoms with E-state index in [1.54, 1.807) is 0 Å². The minimum absolute atomic E-state index is 0.0969. The summed E-state index contributed by atoms with van der Waals surface area (Å²) in [5.74, 6) is -1.67. The van der Waals surface area contributed by atoms with E-state index in [1.807, 2.05) is 0 Å². The predicted molar refractivity (Wildman–Crippen MR) is 53.3 cm³/mol. The van der Waals surface area contributed by atoms with Crippen molar-refractivity contribution in [2.24, 2.45) is 0 Å². The molecule has 0 radical (unpaired) electrons. The fraction of sp³-hybridized carbons (Fsp3) is 0.273. The van der Waals surface area contributed by atoms with Crippen molar-refractivity contribution in [2.45, 2.75) is 18.3 Å². The number of phenolic OH excluding ortho intramolecular Hbond substituents is 2. The second kappa shape index (κ2) is 3.23. The van der Waals surface area contributed by atoms with Gasteiger partial charge in [0.1, 0.15) is 22.7 Å². The lowest BCUT2D eigenvalue weighted by Gasteiger charge is -2.36. The van der Waals surface area contributed by atoms with Gasteiger partial charge in [-0.3, -0.25) is 9.59 Å². The van der Waals surface area contributed by atoms with Gasteiger partial charge in [0.15, 0.2) is 0 Å². The minimum Gasteiger partial charge on any atom is -0.508 e. The summed E-state index contributed by atoms with van der Waals surface area (Å²) in [5.41, 5.74) is -1.28. The number of benzene rings is 1. The fourth-order valence-electron chi connectivity index (χ4n) is 1.99. The highest BCUT2D eigenvalue weighted by Crippen LogP contribution is 2.46. The van der Waals surface area contributed by atoms with Gasteiger partial charge in [0.25, 0.3) is 0 Å². The highest BCUT2D eigenvalue weighted by Gasteiger charge is 2.52. The van der Waals surface area contributed by atoms with Gasteiger partial charge in [0, 0.05) is 18.4 Å². The number of hydrogen-bond acceptors (Lipinski definition) is 4. The molecule has 16 heavy (non-hydrogen) atoms. The maximum absolute atomic E-state index is 11.2. The van der Waals surface area contributed by atoms with Crippen molar-refractivity contribution in [1.29, 1.82) is 0 Å². The molecule has 84 valence electrons. The molecular weight excluding hydrogens is 212 g/mol. The number of phenols is 2. The van der Waals surface area contributed by atoms with E-state index in [2.05, 4.69) is 0 Å². The highest BCUT2D eigenvalue weighted by molar-refractivity contribution is 6.01. The molecule has 0 atom stereocenters. The number of ketones is 1. The standard InChI is InChI=1S/C11H10O5/c12-6-1-2-9(14)8(3-6)11(10(15)16)4-7(13)5-11/h1-3,12,14H,4-5H2,(H,15,16). The van der Waals surface area contributed by atoms with Crippen molar-refractivity contribution in [3.05, 3.63) is 23.8 Å². The largest absolute Gasteiger partial charge is 0.508 e. The molecule has 1 saturated carbocycles. The third-order valence-electron chi connectivity index (χ3n) is 2.90. The van der Waals surface area contributed by atoms with Gasteiger partial charge in [-0.15, -0.1) is 0 Å². The molecule has 0 saturated heterocycles. The molecule has 0 amide bonds. The molecule has 0 spiro atoms. The molecule has 1 aliphatic rings. The summed E-state index contributed by atoms with van der Waals surface area (Å²) >= 11 is 0. The van der Waals surface area contributed by atoms with Crippen molar-refractivity contribution in [3.8, 4) is 11.5 Å². The van der Waals surface area contributed by atoms with Crippen LogP contribution in [0.1, 0.15) is 18.4 Å². The Labute approximate surface area is 91.0 Å². The van der Waals surface area contributed by atoms with Crippen molar-refractivity contribution < 1.29 is 24.9 Å². The van der Waals surface area contributed by atoms with Crippen molar-refractivity contribution in [3.63, 3.8) is 0 Å². The first-order valence-corrected chi connectivity index (χ1v) is 4.73. The van der Waals surface area contributed by atoms with Crippen LogP contribution >= 0.6 is 0 Å². The number of rotatable bonds is 2. The third-order valence-corrected chi connectivity index (χ3v) is 2.90. The first kappa shape index (κ1) is 10.5. The molecule has 0 heterocycles. The molecule has 3 N–H and O–H groups in total. The van der Waals surface area contributed by atoms with E-state index in [-0.39, 0.29) is 35.7 Å². The van der Waals surface area contributed by atoms with Gasteiger partial charge in [0.2, 0.25) is 0 Å². The average molecular weight is 222 g/mol. The van der Waals surface area contributed by atoms with Crippen LogP contribution in [0.4, 0.5) is 0 Å². The molecule has 0 bridgehead atoms. The van der Waals surface area contributed by atoms with Crippen molar-refractivity contribution >= 4 is 11.8 Å². The Kier molecular flexibility index (Phi) is 2.11. The normalized spacial score (nSPS) is 17.9. The van der Waals surface area contributed by atoms with E-state index < -0.39 is 11.4 Å². The van der Waals surface area contributed by atoms with Crippen molar-refractivity contribution in [1.82, 2.24) is 0 Å². The van der Waals surface area contributed by atoms with E-state index >= 15 is 0 Å². The molecule has 1 fully saturated rings. The van der Waals surface area contributed by atoms with Crippen LogP contribution < -0.4 is 0 Å². The Bertz CT molecular complexity index is 469. The van der Waals surface area contributed by atoms with Crippen LogP contribution in [0.5, 0.6) is 11.5 Å². The molecular formula is C11H10O5. The van der Waals surface area contributed by atoms with E-state index in [4.69, 9.17) is 5.11 Å². The number of carboxylic acid groups (broad SMARTS) is 1. The number of aromatic hydroxyl groups is 2. The van der Waals surface area contributed by atoms with E-state index in [0.29, 0.717) is 0 Å². The van der Waals surface area contributed by atoms with Crippen LogP contribution in [0.15, 0.2) is 18.2 Å². The average Bonchev–Trinajstić information content (AvgIpc) is 2.16. The summed E-state index contributed by atoms with van der Waals surface area (Å²) < 4.78 is 0. The lowest BCUT2D eigenvalue weighted by molar-refractivity contribution is -0.153. The zero-order chi connectivity index (χ0) is 11.9. The van der Waals surface area contributed by atoms with Crippen LogP contribution in [-0.2, 0) is 15.0 Å². The Morgan fingerprint density at radius 2 is 1.88 bits per heavy atom. The summed E-state index contributed by atoms with van der Waals surface area (Å²) in [6.45, 7) is 0. The topological polar surface area (TPSA) is 94.8 Å². The first-order chi connectivity index (χ1) is 7.45. The maximum Gasteiger partial charge on any atom is 0.315 e. The molecule has 2 rings (SSSR count). The molecule has 0 unspecified atom stereocenters. The Balaban J connectivity index is 2.52. The van der Waals surface area contributed by atoms with Crippen LogP contribution in [0.25, 0.3) is 0 Å².